The van der Waals surface area contributed by atoms with Crippen LogP contribution in [-0.2, 0) is 17.7 Å². The third-order valence-corrected chi connectivity index (χ3v) is 5.80. The van der Waals surface area contributed by atoms with E-state index < -0.39 is 28.5 Å². The van der Waals surface area contributed by atoms with E-state index in [1.165, 1.54) is 12.1 Å². The molecule has 0 spiro atoms. The number of β-amino-alcohol motifs (C(OH)–C–C–N with tert-alkyl or cyclic N) is 1. The predicted molar refractivity (Wildman–Crippen MR) is 101 cm³/mol. The molecule has 0 aliphatic carbocycles. The first-order valence-corrected chi connectivity index (χ1v) is 10.2. The molecular formula is C15H19N3O6S2. The number of nitrogens with zero attached hydrogens (tertiary/aromatic N) is 1. The Bertz CT molecular complexity index is 835. The molecule has 11 heteroatoms. The van der Waals surface area contributed by atoms with Gasteiger partial charge in [-0.1, -0.05) is 35.2 Å². The van der Waals surface area contributed by atoms with Crippen molar-refractivity contribution in [3.05, 3.63) is 53.6 Å². The number of rotatable bonds is 5. The molecule has 2 aromatic carbocycles. The quantitative estimate of drug-likeness (QED) is 0.376. The van der Waals surface area contributed by atoms with Crippen molar-refractivity contribution in [1.29, 1.82) is 0 Å². The Labute approximate surface area is 154 Å². The maximum atomic E-state index is 11.0. The van der Waals surface area contributed by atoms with Gasteiger partial charge >= 0.3 is 0 Å². The van der Waals surface area contributed by atoms with Crippen LogP contribution in [0.2, 0.25) is 0 Å². The summed E-state index contributed by atoms with van der Waals surface area (Å²) in [4.78, 5) is 0. The lowest BCUT2D eigenvalue weighted by molar-refractivity contribution is 0.182. The van der Waals surface area contributed by atoms with E-state index in [-0.39, 0.29) is 18.0 Å². The molecular weight excluding hydrogens is 382 g/mol. The van der Waals surface area contributed by atoms with Gasteiger partial charge < -0.3 is 10.2 Å². The minimum atomic E-state index is -3.40. The van der Waals surface area contributed by atoms with E-state index in [2.05, 4.69) is 9.44 Å². The van der Waals surface area contributed by atoms with Crippen molar-refractivity contribution in [1.82, 2.24) is 4.72 Å². The summed E-state index contributed by atoms with van der Waals surface area (Å²) in [6.07, 6.45) is -0.734. The fourth-order valence-corrected chi connectivity index (χ4v) is 4.49. The second-order valence-electron chi connectivity index (χ2n) is 5.72. The van der Waals surface area contributed by atoms with Crippen LogP contribution in [-0.4, -0.2) is 40.9 Å². The third kappa shape index (κ3) is 4.10. The molecule has 9 nitrogen and oxygen atoms in total. The third-order valence-electron chi connectivity index (χ3n) is 3.86. The van der Waals surface area contributed by atoms with Crippen LogP contribution in [0, 0.1) is 0 Å². The zero-order valence-electron chi connectivity index (χ0n) is 13.4. The molecule has 0 saturated carbocycles. The van der Waals surface area contributed by atoms with Gasteiger partial charge in [0.2, 0.25) is 0 Å². The van der Waals surface area contributed by atoms with Gasteiger partial charge in [0.05, 0.1) is 12.2 Å². The zero-order valence-corrected chi connectivity index (χ0v) is 15.1. The average Bonchev–Trinajstić information content (AvgIpc) is 2.81. The van der Waals surface area contributed by atoms with Crippen LogP contribution in [0.15, 0.2) is 42.5 Å². The minimum Gasteiger partial charge on any atom is -0.506 e. The average molecular weight is 401 g/mol. The Balaban J connectivity index is 1.84. The highest BCUT2D eigenvalue weighted by Crippen LogP contribution is 2.49. The smallest absolute Gasteiger partial charge is 0.259 e. The Morgan fingerprint density at radius 2 is 2.00 bits per heavy atom. The first kappa shape index (κ1) is 18.9. The lowest BCUT2D eigenvalue weighted by Crippen LogP contribution is -2.25. The normalized spacial score (nSPS) is 21.4. The van der Waals surface area contributed by atoms with E-state index in [1.54, 1.807) is 30.3 Å². The summed E-state index contributed by atoms with van der Waals surface area (Å²) in [5.74, 6) is -0.172. The summed E-state index contributed by atoms with van der Waals surface area (Å²) < 4.78 is 45.7. The molecule has 1 fully saturated rings. The molecule has 1 aliphatic rings. The highest BCUT2D eigenvalue weighted by atomic mass is 32.3. The molecule has 2 aromatic rings. The van der Waals surface area contributed by atoms with Crippen LogP contribution in [0.3, 0.4) is 0 Å². The van der Waals surface area contributed by atoms with Crippen molar-refractivity contribution in [3.63, 3.8) is 0 Å². The zero-order chi connectivity index (χ0) is 18.9. The number of nitrogens with one attached hydrogen (secondary N) is 2. The highest BCUT2D eigenvalue weighted by molar-refractivity contribution is 8.24. The predicted octanol–water partition coefficient (Wildman–Crippen LogP) is 1.84. The molecule has 26 heavy (non-hydrogen) atoms. The molecule has 7 N–H and O–H groups in total. The van der Waals surface area contributed by atoms with Crippen molar-refractivity contribution in [2.24, 2.45) is 0 Å². The van der Waals surface area contributed by atoms with E-state index in [1.807, 2.05) is 0 Å². The molecule has 142 valence electrons. The number of aromatic hydroxyl groups is 1. The van der Waals surface area contributed by atoms with Crippen LogP contribution in [0.25, 0.3) is 0 Å². The molecule has 1 heterocycles. The van der Waals surface area contributed by atoms with E-state index >= 15 is 0 Å². The van der Waals surface area contributed by atoms with Gasteiger partial charge in [0.25, 0.3) is 11.3 Å². The monoisotopic (exact) mass is 401 g/mol. The van der Waals surface area contributed by atoms with Gasteiger partial charge in [0.1, 0.15) is 17.7 Å². The van der Waals surface area contributed by atoms with Crippen molar-refractivity contribution >= 4 is 33.6 Å². The van der Waals surface area contributed by atoms with E-state index in [9.17, 15) is 23.5 Å². The minimum absolute atomic E-state index is 0.0791. The second-order valence-corrected chi connectivity index (χ2v) is 8.14. The topological polar surface area (TPSA) is 146 Å². The van der Waals surface area contributed by atoms with Gasteiger partial charge in [-0.2, -0.15) is 4.72 Å². The first-order valence-electron chi connectivity index (χ1n) is 7.55. The number of phenols is 1. The summed E-state index contributed by atoms with van der Waals surface area (Å²) in [5.41, 5.74) is 2.15. The molecule has 1 saturated heterocycles. The molecule has 0 radical (unpaired) electrons. The SMILES string of the molecule is O=S(O)Nc1ccccc1Cc1ccc(N2CC(O)NS2(O)O)c(O)c1. The van der Waals surface area contributed by atoms with Gasteiger partial charge in [0, 0.05) is 0 Å². The van der Waals surface area contributed by atoms with E-state index in [0.717, 1.165) is 9.87 Å². The fourth-order valence-electron chi connectivity index (χ4n) is 2.76. The molecule has 0 aromatic heterocycles. The van der Waals surface area contributed by atoms with E-state index in [4.69, 9.17) is 4.55 Å². The number of hydrogen-bond acceptors (Lipinski definition) is 7. The summed E-state index contributed by atoms with van der Waals surface area (Å²) in [7, 11) is -3.40. The van der Waals surface area contributed by atoms with Crippen LogP contribution >= 0.6 is 11.0 Å². The molecule has 0 amide bonds. The van der Waals surface area contributed by atoms with Gasteiger partial charge in [-0.05, 0) is 35.7 Å². The maximum Gasteiger partial charge on any atom is 0.259 e. The summed E-state index contributed by atoms with van der Waals surface area (Å²) in [6.45, 7) is -0.0791. The van der Waals surface area contributed by atoms with Crippen molar-refractivity contribution in [2.45, 2.75) is 12.6 Å². The number of aliphatic hydroxyl groups excluding tert-OH is 1. The molecule has 0 bridgehead atoms. The Hall–Kier alpha value is -1.86. The standard InChI is InChI=1S/C15H19N3O6S2/c19-14-8-10(7-11-3-1-2-4-12(11)16-25(21)22)5-6-13(14)18-9-15(20)17-26(18,23)24/h1-6,8,15-17,19-20,23-24H,7,9H2,(H,21,22). The van der Waals surface area contributed by atoms with Crippen LogP contribution in [0.4, 0.5) is 11.4 Å². The van der Waals surface area contributed by atoms with Crippen LogP contribution in [0.1, 0.15) is 11.1 Å². The van der Waals surface area contributed by atoms with Gasteiger partial charge in [-0.15, -0.1) is 0 Å². The lowest BCUT2D eigenvalue weighted by atomic mass is 10.0. The number of aliphatic hydroxyl groups is 1. The number of phenolic OH excluding ortho intramolecular Hbond substituents is 1. The number of hydrogen-bond donors (Lipinski definition) is 7. The summed E-state index contributed by atoms with van der Waals surface area (Å²) >= 11 is -2.20. The van der Waals surface area contributed by atoms with Crippen molar-refractivity contribution in [3.8, 4) is 5.75 Å². The molecule has 2 unspecified atom stereocenters. The molecule has 1 aliphatic heterocycles. The maximum absolute atomic E-state index is 11.0. The first-order chi connectivity index (χ1) is 12.3. The fraction of sp³-hybridized carbons (Fsp3) is 0.200. The van der Waals surface area contributed by atoms with Crippen molar-refractivity contribution in [2.75, 3.05) is 15.6 Å². The number of benzene rings is 2. The van der Waals surface area contributed by atoms with Crippen molar-refractivity contribution < 1.29 is 28.1 Å². The summed E-state index contributed by atoms with van der Waals surface area (Å²) in [6, 6.07) is 11.7. The largest absolute Gasteiger partial charge is 0.506 e. The van der Waals surface area contributed by atoms with Gasteiger partial charge in [-0.3, -0.25) is 22.7 Å². The number of anilines is 2. The van der Waals surface area contributed by atoms with Gasteiger partial charge in [-0.25, -0.2) is 4.21 Å². The lowest BCUT2D eigenvalue weighted by Gasteiger charge is -2.36. The molecule has 3 rings (SSSR count). The number of para-hydroxylation sites is 1. The summed E-state index contributed by atoms with van der Waals surface area (Å²) in [5, 5.41) is 19.9. The van der Waals surface area contributed by atoms with Crippen LogP contribution < -0.4 is 13.7 Å². The van der Waals surface area contributed by atoms with Gasteiger partial charge in [0.15, 0.2) is 0 Å². The Morgan fingerprint density at radius 3 is 2.62 bits per heavy atom. The van der Waals surface area contributed by atoms with Crippen LogP contribution in [0.5, 0.6) is 5.75 Å². The van der Waals surface area contributed by atoms with E-state index in [0.29, 0.717) is 17.7 Å². The Kier molecular flexibility index (Phi) is 5.39. The Morgan fingerprint density at radius 1 is 1.27 bits per heavy atom. The molecule has 2 atom stereocenters. The highest BCUT2D eigenvalue weighted by Gasteiger charge is 2.36. The second kappa shape index (κ2) is 7.40.